The first-order chi connectivity index (χ1) is 15.0. The monoisotopic (exact) mass is 457 g/mol. The fourth-order valence-electron chi connectivity index (χ4n) is 3.42. The second kappa shape index (κ2) is 9.41. The van der Waals surface area contributed by atoms with E-state index < -0.39 is 0 Å². The Bertz CT molecular complexity index is 1070. The lowest BCUT2D eigenvalue weighted by Crippen LogP contribution is -2.50. The Morgan fingerprint density at radius 1 is 1.00 bits per heavy atom. The van der Waals surface area contributed by atoms with Crippen molar-refractivity contribution in [1.82, 2.24) is 15.1 Å². The number of anilines is 2. The molecule has 1 N–H and O–H groups in total. The fraction of sp³-hybridized carbons (Fsp3) is 0.227. The van der Waals surface area contributed by atoms with Crippen LogP contribution in [-0.4, -0.2) is 54.4 Å². The van der Waals surface area contributed by atoms with Crippen LogP contribution in [0.15, 0.2) is 54.6 Å². The molecule has 0 radical (unpaired) electrons. The molecule has 1 aromatic heterocycles. The molecule has 0 bridgehead atoms. The largest absolute Gasteiger partial charge is 0.496 e. The van der Waals surface area contributed by atoms with E-state index in [4.69, 9.17) is 27.9 Å². The minimum Gasteiger partial charge on any atom is -0.496 e. The molecule has 0 atom stereocenters. The van der Waals surface area contributed by atoms with Crippen molar-refractivity contribution in [1.29, 1.82) is 0 Å². The lowest BCUT2D eigenvalue weighted by Gasteiger charge is -2.35. The second-order valence-electron chi connectivity index (χ2n) is 7.01. The van der Waals surface area contributed by atoms with Crippen molar-refractivity contribution >= 4 is 40.7 Å². The van der Waals surface area contributed by atoms with Gasteiger partial charge in [0.05, 0.1) is 23.5 Å². The van der Waals surface area contributed by atoms with Crippen LogP contribution in [0.2, 0.25) is 10.0 Å². The van der Waals surface area contributed by atoms with Gasteiger partial charge < -0.3 is 19.9 Å². The molecule has 0 saturated carbocycles. The molecular weight excluding hydrogens is 437 g/mol. The highest BCUT2D eigenvalue weighted by Gasteiger charge is 2.23. The van der Waals surface area contributed by atoms with Crippen LogP contribution >= 0.6 is 23.2 Å². The van der Waals surface area contributed by atoms with Gasteiger partial charge in [0.15, 0.2) is 5.82 Å². The third-order valence-corrected chi connectivity index (χ3v) is 5.66. The molecule has 160 valence electrons. The third kappa shape index (κ3) is 4.84. The number of halogens is 2. The molecule has 2 amide bonds. The van der Waals surface area contributed by atoms with Crippen LogP contribution in [0.1, 0.15) is 0 Å². The molecule has 0 unspecified atom stereocenters. The van der Waals surface area contributed by atoms with Gasteiger partial charge >= 0.3 is 6.03 Å². The minimum absolute atomic E-state index is 0.207. The van der Waals surface area contributed by atoms with Gasteiger partial charge in [-0.2, -0.15) is 0 Å². The zero-order valence-electron chi connectivity index (χ0n) is 16.9. The van der Waals surface area contributed by atoms with E-state index in [1.165, 1.54) is 0 Å². The van der Waals surface area contributed by atoms with E-state index in [-0.39, 0.29) is 6.03 Å². The number of amides is 2. The maximum Gasteiger partial charge on any atom is 0.322 e. The Kier molecular flexibility index (Phi) is 6.44. The maximum atomic E-state index is 12.6. The van der Waals surface area contributed by atoms with E-state index in [2.05, 4.69) is 20.4 Å². The Morgan fingerprint density at radius 3 is 2.48 bits per heavy atom. The Balaban J connectivity index is 1.37. The summed E-state index contributed by atoms with van der Waals surface area (Å²) < 4.78 is 5.40. The van der Waals surface area contributed by atoms with Crippen LogP contribution in [-0.2, 0) is 0 Å². The first-order valence-electron chi connectivity index (χ1n) is 9.78. The van der Waals surface area contributed by atoms with Gasteiger partial charge in [-0.3, -0.25) is 0 Å². The van der Waals surface area contributed by atoms with Crippen LogP contribution < -0.4 is 15.0 Å². The molecule has 2 heterocycles. The van der Waals surface area contributed by atoms with Gasteiger partial charge in [-0.1, -0.05) is 35.3 Å². The van der Waals surface area contributed by atoms with Gasteiger partial charge in [0.1, 0.15) is 5.75 Å². The summed E-state index contributed by atoms with van der Waals surface area (Å²) >= 11 is 12.1. The number of carbonyl (C=O) groups is 1. The number of urea groups is 1. The zero-order chi connectivity index (χ0) is 21.8. The quantitative estimate of drug-likeness (QED) is 0.608. The van der Waals surface area contributed by atoms with Gasteiger partial charge in [0.25, 0.3) is 0 Å². The Hall–Kier alpha value is -3.03. The van der Waals surface area contributed by atoms with Crippen molar-refractivity contribution in [3.8, 4) is 17.0 Å². The number of hydrogen-bond acceptors (Lipinski definition) is 5. The van der Waals surface area contributed by atoms with E-state index in [0.717, 1.165) is 22.8 Å². The van der Waals surface area contributed by atoms with E-state index >= 15 is 0 Å². The first-order valence-corrected chi connectivity index (χ1v) is 10.5. The van der Waals surface area contributed by atoms with Crippen LogP contribution in [0.4, 0.5) is 16.3 Å². The minimum atomic E-state index is -0.207. The van der Waals surface area contributed by atoms with Crippen LogP contribution in [0.3, 0.4) is 0 Å². The van der Waals surface area contributed by atoms with Crippen molar-refractivity contribution in [2.24, 2.45) is 0 Å². The predicted octanol–water partition coefficient (Wildman–Crippen LogP) is 4.81. The van der Waals surface area contributed by atoms with Crippen molar-refractivity contribution < 1.29 is 9.53 Å². The molecule has 1 aliphatic rings. The number of ether oxygens (including phenoxy) is 1. The summed E-state index contributed by atoms with van der Waals surface area (Å²) in [5, 5.41) is 12.5. The number of para-hydroxylation sites is 1. The van der Waals surface area contributed by atoms with Crippen molar-refractivity contribution in [2.75, 3.05) is 43.5 Å². The summed E-state index contributed by atoms with van der Waals surface area (Å²) in [6.45, 7) is 2.42. The summed E-state index contributed by atoms with van der Waals surface area (Å²) in [6.07, 6.45) is 0. The normalized spacial score (nSPS) is 13.8. The number of carbonyl (C=O) groups excluding carboxylic acids is 1. The lowest BCUT2D eigenvalue weighted by atomic mass is 10.1. The van der Waals surface area contributed by atoms with Gasteiger partial charge in [-0.25, -0.2) is 4.79 Å². The molecule has 1 aliphatic heterocycles. The van der Waals surface area contributed by atoms with Crippen molar-refractivity contribution in [2.45, 2.75) is 0 Å². The average molecular weight is 458 g/mol. The zero-order valence-corrected chi connectivity index (χ0v) is 18.4. The Labute approximate surface area is 190 Å². The number of benzene rings is 2. The summed E-state index contributed by atoms with van der Waals surface area (Å²) in [5.41, 5.74) is 2.14. The van der Waals surface area contributed by atoms with Crippen LogP contribution in [0, 0.1) is 0 Å². The Morgan fingerprint density at radius 2 is 1.77 bits per heavy atom. The van der Waals surface area contributed by atoms with E-state index in [9.17, 15) is 4.79 Å². The standard InChI is InChI=1S/C22H21Cl2N5O2/c1-31-20-5-3-2-4-16(20)18-8-9-21(27-26-18)28-10-12-29(13-11-28)22(30)25-19-14-15(23)6-7-17(19)24/h2-9,14H,10-13H2,1H3,(H,25,30). The molecule has 3 aromatic rings. The number of hydrogen-bond donors (Lipinski definition) is 1. The maximum absolute atomic E-state index is 12.6. The number of methoxy groups -OCH3 is 1. The highest BCUT2D eigenvalue weighted by molar-refractivity contribution is 6.35. The number of nitrogens with one attached hydrogen (secondary N) is 1. The number of rotatable bonds is 4. The van der Waals surface area contributed by atoms with Crippen molar-refractivity contribution in [3.05, 3.63) is 64.6 Å². The highest BCUT2D eigenvalue weighted by atomic mass is 35.5. The van der Waals surface area contributed by atoms with Gasteiger partial charge in [-0.15, -0.1) is 10.2 Å². The van der Waals surface area contributed by atoms with E-state index in [1.54, 1.807) is 30.2 Å². The molecule has 31 heavy (non-hydrogen) atoms. The predicted molar refractivity (Wildman–Crippen MR) is 123 cm³/mol. The smallest absolute Gasteiger partial charge is 0.322 e. The van der Waals surface area contributed by atoms with Crippen LogP contribution in [0.25, 0.3) is 11.3 Å². The summed E-state index contributed by atoms with van der Waals surface area (Å²) in [5.74, 6) is 1.53. The molecule has 1 fully saturated rings. The molecule has 0 spiro atoms. The van der Waals surface area contributed by atoms with E-state index in [0.29, 0.717) is 41.9 Å². The van der Waals surface area contributed by atoms with Crippen molar-refractivity contribution in [3.63, 3.8) is 0 Å². The third-order valence-electron chi connectivity index (χ3n) is 5.09. The first kappa shape index (κ1) is 21.2. The number of aromatic nitrogens is 2. The van der Waals surface area contributed by atoms with E-state index in [1.807, 2.05) is 36.4 Å². The summed E-state index contributed by atoms with van der Waals surface area (Å²) in [7, 11) is 1.64. The topological polar surface area (TPSA) is 70.6 Å². The summed E-state index contributed by atoms with van der Waals surface area (Å²) in [6, 6.07) is 16.3. The molecule has 1 saturated heterocycles. The second-order valence-corrected chi connectivity index (χ2v) is 7.85. The molecule has 0 aliphatic carbocycles. The lowest BCUT2D eigenvalue weighted by molar-refractivity contribution is 0.208. The molecule has 2 aromatic carbocycles. The molecule has 7 nitrogen and oxygen atoms in total. The van der Waals surface area contributed by atoms with Crippen LogP contribution in [0.5, 0.6) is 5.75 Å². The molecule has 4 rings (SSSR count). The number of piperazine rings is 1. The highest BCUT2D eigenvalue weighted by Crippen LogP contribution is 2.29. The average Bonchev–Trinajstić information content (AvgIpc) is 2.81. The van der Waals surface area contributed by atoms with Gasteiger partial charge in [0, 0.05) is 36.8 Å². The van der Waals surface area contributed by atoms with Gasteiger partial charge in [-0.05, 0) is 42.5 Å². The van der Waals surface area contributed by atoms with Gasteiger partial charge in [0.2, 0.25) is 0 Å². The molecule has 9 heteroatoms. The fourth-order valence-corrected chi connectivity index (χ4v) is 3.76. The molecular formula is C22H21Cl2N5O2. The summed E-state index contributed by atoms with van der Waals surface area (Å²) in [4.78, 5) is 16.4. The number of nitrogens with zero attached hydrogens (tertiary/aromatic N) is 4. The SMILES string of the molecule is COc1ccccc1-c1ccc(N2CCN(C(=O)Nc3cc(Cl)ccc3Cl)CC2)nn1.